The molecule has 2 rings (SSSR count). The molecule has 5 N–H and O–H groups in total. The van der Waals surface area contributed by atoms with Crippen LogP contribution in [0.2, 0.25) is 0 Å². The molecule has 9 heteroatoms. The van der Waals surface area contributed by atoms with Gasteiger partial charge < -0.3 is 26.4 Å². The van der Waals surface area contributed by atoms with E-state index >= 15 is 0 Å². The van der Waals surface area contributed by atoms with E-state index in [1.54, 1.807) is 31.2 Å². The number of phenolic OH excluding ortho intramolecular Hbond substituents is 1. The van der Waals surface area contributed by atoms with Gasteiger partial charge in [0.05, 0.1) is 6.04 Å². The highest BCUT2D eigenvalue weighted by atomic mass is 19.1. The number of aromatic hydroxyl groups is 1. The van der Waals surface area contributed by atoms with Crippen LogP contribution in [0.15, 0.2) is 42.5 Å². The van der Waals surface area contributed by atoms with Crippen LogP contribution in [-0.4, -0.2) is 59.4 Å². The Hall–Kier alpha value is -3.46. The molecule has 2 aromatic rings. The topological polar surface area (TPSA) is 125 Å². The third-order valence-electron chi connectivity index (χ3n) is 6.73. The first-order valence-electron chi connectivity index (χ1n) is 13.3. The fourth-order valence-electron chi connectivity index (χ4n) is 4.66. The summed E-state index contributed by atoms with van der Waals surface area (Å²) in [7, 11) is 1.50. The van der Waals surface area contributed by atoms with Crippen LogP contribution >= 0.6 is 0 Å². The van der Waals surface area contributed by atoms with E-state index in [0.29, 0.717) is 5.56 Å². The summed E-state index contributed by atoms with van der Waals surface area (Å²) in [6.07, 6.45) is 0.392. The van der Waals surface area contributed by atoms with E-state index in [-0.39, 0.29) is 48.2 Å². The molecule has 8 nitrogen and oxygen atoms in total. The molecule has 0 aliphatic heterocycles. The first-order valence-corrected chi connectivity index (χ1v) is 13.3. The fraction of sp³-hybridized carbons (Fsp3) is 0.500. The number of hydrogen-bond acceptors (Lipinski definition) is 5. The molecule has 0 aliphatic rings. The van der Waals surface area contributed by atoms with Crippen LogP contribution < -0.4 is 16.4 Å². The smallest absolute Gasteiger partial charge is 0.243 e. The highest BCUT2D eigenvalue weighted by Crippen LogP contribution is 2.31. The Balaban J connectivity index is 2.27. The summed E-state index contributed by atoms with van der Waals surface area (Å²) in [6, 6.07) is 8.25. The lowest BCUT2D eigenvalue weighted by Crippen LogP contribution is -2.59. The van der Waals surface area contributed by atoms with Gasteiger partial charge in [0.15, 0.2) is 0 Å². The van der Waals surface area contributed by atoms with Gasteiger partial charge in [0.25, 0.3) is 0 Å². The second-order valence-corrected chi connectivity index (χ2v) is 11.2. The summed E-state index contributed by atoms with van der Waals surface area (Å²) >= 11 is 0. The average molecular weight is 543 g/mol. The maximum atomic E-state index is 13.6. The Kier molecular flexibility index (Phi) is 11.0. The van der Waals surface area contributed by atoms with Gasteiger partial charge in [0, 0.05) is 20.0 Å². The van der Waals surface area contributed by atoms with Crippen molar-refractivity contribution in [1.82, 2.24) is 15.5 Å². The highest BCUT2D eigenvalue weighted by molar-refractivity contribution is 5.93. The second kappa shape index (κ2) is 13.6. The summed E-state index contributed by atoms with van der Waals surface area (Å²) in [4.78, 5) is 41.2. The van der Waals surface area contributed by atoms with Crippen molar-refractivity contribution < 1.29 is 23.9 Å². The van der Waals surface area contributed by atoms with Crippen LogP contribution in [0.5, 0.6) is 5.75 Å². The lowest BCUT2D eigenvalue weighted by Gasteiger charge is -2.35. The van der Waals surface area contributed by atoms with E-state index < -0.39 is 29.9 Å². The monoisotopic (exact) mass is 542 g/mol. The molecular formula is C30H43FN4O4. The quantitative estimate of drug-likeness (QED) is 0.347. The van der Waals surface area contributed by atoms with Crippen molar-refractivity contribution in [2.45, 2.75) is 77.9 Å². The third-order valence-corrected chi connectivity index (χ3v) is 6.73. The molecule has 0 saturated carbocycles. The highest BCUT2D eigenvalue weighted by Gasteiger charge is 2.35. The minimum absolute atomic E-state index is 0.167. The van der Waals surface area contributed by atoms with Crippen LogP contribution in [-0.2, 0) is 32.6 Å². The van der Waals surface area contributed by atoms with E-state index in [1.165, 1.54) is 24.1 Å². The number of carbonyl (C=O) groups is 3. The Bertz CT molecular complexity index is 1140. The van der Waals surface area contributed by atoms with Gasteiger partial charge in [0.2, 0.25) is 17.7 Å². The Labute approximate surface area is 231 Å². The predicted octanol–water partition coefficient (Wildman–Crippen LogP) is 3.05. The van der Waals surface area contributed by atoms with Crippen LogP contribution in [0.4, 0.5) is 4.39 Å². The van der Waals surface area contributed by atoms with Crippen LogP contribution in [0, 0.1) is 11.7 Å². The number of likely N-dealkylation sites (N-methyl/N-ethyl adjacent to an activating group) is 2. The molecule has 0 bridgehead atoms. The lowest BCUT2D eigenvalue weighted by molar-refractivity contribution is -0.143. The third kappa shape index (κ3) is 8.51. The molecule has 0 fully saturated rings. The van der Waals surface area contributed by atoms with Crippen molar-refractivity contribution in [3.8, 4) is 5.75 Å². The zero-order valence-electron chi connectivity index (χ0n) is 24.0. The van der Waals surface area contributed by atoms with Crippen molar-refractivity contribution in [1.29, 1.82) is 0 Å². The van der Waals surface area contributed by atoms with E-state index in [2.05, 4.69) is 10.6 Å². The molecular weight excluding hydrogens is 499 g/mol. The normalized spacial score (nSPS) is 13.9. The van der Waals surface area contributed by atoms with Gasteiger partial charge in [0.1, 0.15) is 23.7 Å². The molecule has 3 atom stereocenters. The Morgan fingerprint density at radius 1 is 1.00 bits per heavy atom. The van der Waals surface area contributed by atoms with E-state index in [1.807, 2.05) is 40.7 Å². The number of nitrogens with one attached hydrogen (secondary N) is 2. The van der Waals surface area contributed by atoms with Gasteiger partial charge in [-0.25, -0.2) is 4.39 Å². The minimum Gasteiger partial charge on any atom is -0.508 e. The predicted molar refractivity (Wildman–Crippen MR) is 151 cm³/mol. The van der Waals surface area contributed by atoms with Gasteiger partial charge in [-0.3, -0.25) is 14.4 Å². The van der Waals surface area contributed by atoms with Crippen LogP contribution in [0.25, 0.3) is 0 Å². The molecule has 0 saturated heterocycles. The van der Waals surface area contributed by atoms with Gasteiger partial charge in [-0.1, -0.05) is 58.9 Å². The van der Waals surface area contributed by atoms with Crippen LogP contribution in [0.1, 0.15) is 58.2 Å². The van der Waals surface area contributed by atoms with Crippen LogP contribution in [0.3, 0.4) is 0 Å². The summed E-state index contributed by atoms with van der Waals surface area (Å²) < 4.78 is 13.3. The van der Waals surface area contributed by atoms with Gasteiger partial charge in [-0.15, -0.1) is 0 Å². The molecule has 0 radical (unpaired) electrons. The van der Waals surface area contributed by atoms with Crippen molar-refractivity contribution in [3.63, 3.8) is 0 Å². The Morgan fingerprint density at radius 2 is 1.59 bits per heavy atom. The Morgan fingerprint density at radius 3 is 2.10 bits per heavy atom. The number of nitrogens with zero attached hydrogens (tertiary/aromatic N) is 1. The molecule has 39 heavy (non-hydrogen) atoms. The number of carbonyl (C=O) groups excluding carboxylic acids is 3. The summed E-state index contributed by atoms with van der Waals surface area (Å²) in [5.74, 6) is -1.71. The largest absolute Gasteiger partial charge is 0.508 e. The van der Waals surface area contributed by atoms with Gasteiger partial charge >= 0.3 is 0 Å². The zero-order valence-corrected chi connectivity index (χ0v) is 24.0. The van der Waals surface area contributed by atoms with Crippen molar-refractivity contribution in [3.05, 3.63) is 65.0 Å². The summed E-state index contributed by atoms with van der Waals surface area (Å²) in [5, 5.41) is 15.8. The maximum Gasteiger partial charge on any atom is 0.243 e. The number of nitrogens with two attached hydrogens (primary N) is 1. The second-order valence-electron chi connectivity index (χ2n) is 11.2. The van der Waals surface area contributed by atoms with Crippen molar-refractivity contribution >= 4 is 17.7 Å². The molecule has 0 spiro atoms. The molecule has 214 valence electrons. The number of halogens is 1. The van der Waals surface area contributed by atoms with E-state index in [0.717, 1.165) is 11.1 Å². The van der Waals surface area contributed by atoms with Gasteiger partial charge in [-0.05, 0) is 59.6 Å². The number of hydrogen-bond donors (Lipinski definition) is 4. The minimum atomic E-state index is -0.924. The number of rotatable bonds is 11. The van der Waals surface area contributed by atoms with E-state index in [4.69, 9.17) is 5.73 Å². The average Bonchev–Trinajstić information content (AvgIpc) is 2.87. The molecule has 0 aliphatic carbocycles. The lowest BCUT2D eigenvalue weighted by atomic mass is 9.84. The number of amides is 3. The molecule has 0 aromatic heterocycles. The fourth-order valence-corrected chi connectivity index (χ4v) is 4.66. The maximum absolute atomic E-state index is 13.6. The SMILES string of the molecule is CCN(C(=O)C(N)Cc1ccc(F)cc1)C(C(=O)NC(Cc1ccc(O)c(C(C)(C)C)c1)C(=O)NC)C(C)C. The first kappa shape index (κ1) is 31.8. The molecule has 2 aromatic carbocycles. The first-order chi connectivity index (χ1) is 18.2. The van der Waals surface area contributed by atoms with Gasteiger partial charge in [-0.2, -0.15) is 0 Å². The molecule has 3 unspecified atom stereocenters. The summed E-state index contributed by atoms with van der Waals surface area (Å²) in [5.41, 5.74) is 8.14. The number of phenols is 1. The van der Waals surface area contributed by atoms with Crippen molar-refractivity contribution in [2.75, 3.05) is 13.6 Å². The standard InChI is InChI=1S/C30H43FN4O4/c1-8-35(29(39)23(32)16-19-9-12-21(31)13-10-19)26(18(2)3)28(38)34-24(27(37)33-7)17-20-11-14-25(36)22(15-20)30(4,5)6/h9-15,18,23-24,26,36H,8,16-17,32H2,1-7H3,(H,33,37)(H,34,38). The number of benzene rings is 2. The molecule has 3 amide bonds. The van der Waals surface area contributed by atoms with Crippen molar-refractivity contribution in [2.24, 2.45) is 11.7 Å². The zero-order chi connectivity index (χ0) is 29.5. The molecule has 0 heterocycles. The van der Waals surface area contributed by atoms with E-state index in [9.17, 15) is 23.9 Å². The summed E-state index contributed by atoms with van der Waals surface area (Å²) in [6.45, 7) is 11.6.